The Balaban J connectivity index is 2.50. The van der Waals surface area contributed by atoms with Gasteiger partial charge in [-0.05, 0) is 30.9 Å². The molecule has 0 aromatic heterocycles. The largest absolute Gasteiger partial charge is 0.441 e. The Bertz CT molecular complexity index is 338. The van der Waals surface area contributed by atoms with Gasteiger partial charge in [-0.3, -0.25) is 0 Å². The van der Waals surface area contributed by atoms with Crippen LogP contribution in [0.3, 0.4) is 0 Å². The third-order valence-electron chi connectivity index (χ3n) is 3.00. The maximum Gasteiger partial charge on any atom is 0.283 e. The van der Waals surface area contributed by atoms with E-state index in [-0.39, 0.29) is 0 Å². The van der Waals surface area contributed by atoms with E-state index in [0.717, 1.165) is 0 Å². The van der Waals surface area contributed by atoms with E-state index < -0.39 is 27.4 Å². The molecule has 1 atom stereocenters. The van der Waals surface area contributed by atoms with Crippen LogP contribution >= 0.6 is 0 Å². The third-order valence-corrected chi connectivity index (χ3v) is 11.2. The van der Waals surface area contributed by atoms with E-state index in [1.54, 1.807) is 0 Å². The van der Waals surface area contributed by atoms with Crippen molar-refractivity contribution in [3.63, 3.8) is 0 Å². The second-order valence-electron chi connectivity index (χ2n) is 5.94. The molecule has 0 amide bonds. The lowest BCUT2D eigenvalue weighted by Gasteiger charge is -2.21. The first-order chi connectivity index (χ1) is 9.03. The van der Waals surface area contributed by atoms with Crippen molar-refractivity contribution in [2.24, 2.45) is 0 Å². The van der Waals surface area contributed by atoms with Gasteiger partial charge in [-0.15, -0.1) is 0 Å². The fourth-order valence-electron chi connectivity index (χ4n) is 1.89. The van der Waals surface area contributed by atoms with Crippen LogP contribution in [0.2, 0.25) is 25.7 Å². The predicted molar refractivity (Wildman–Crippen MR) is 91.6 cm³/mol. The molecule has 108 valence electrons. The van der Waals surface area contributed by atoms with Crippen molar-refractivity contribution in [1.82, 2.24) is 0 Å². The minimum absolute atomic E-state index is 0.795. The number of rotatable bonds is 9. The molecule has 0 spiro atoms. The zero-order valence-electron chi connectivity index (χ0n) is 12.8. The molecule has 0 saturated carbocycles. The fraction of sp³-hybridized carbons (Fsp3) is 0.571. The minimum atomic E-state index is -1.40. The maximum absolute atomic E-state index is 6.24. The van der Waals surface area contributed by atoms with Crippen LogP contribution in [0, 0.1) is 0 Å². The predicted octanol–water partition coefficient (Wildman–Crippen LogP) is 2.67. The zero-order chi connectivity index (χ0) is 14.1. The van der Waals surface area contributed by atoms with Gasteiger partial charge in [0.15, 0.2) is 17.4 Å². The van der Waals surface area contributed by atoms with Gasteiger partial charge in [-0.1, -0.05) is 56.5 Å². The van der Waals surface area contributed by atoms with Gasteiger partial charge in [0.05, 0.1) is 0 Å². The number of hydrogen-bond acceptors (Lipinski definition) is 2. The number of hydrogen-bond donors (Lipinski definition) is 0. The smallest absolute Gasteiger partial charge is 0.283 e. The SMILES string of the molecule is CCCCC[SiH](O[SiH2]O[Si](C)(C)C)c1ccccc1. The molecular formula is C14H28O2Si3. The van der Waals surface area contributed by atoms with Crippen LogP contribution in [0.1, 0.15) is 26.2 Å². The molecule has 1 aromatic carbocycles. The highest BCUT2D eigenvalue weighted by molar-refractivity contribution is 6.76. The van der Waals surface area contributed by atoms with Crippen LogP contribution in [0.15, 0.2) is 30.3 Å². The molecule has 0 fully saturated rings. The molecule has 1 unspecified atom stereocenters. The molecule has 0 bridgehead atoms. The molecule has 0 aliphatic rings. The molecular weight excluding hydrogens is 284 g/mol. The van der Waals surface area contributed by atoms with E-state index in [2.05, 4.69) is 56.9 Å². The van der Waals surface area contributed by atoms with Gasteiger partial charge in [-0.25, -0.2) is 0 Å². The number of unbranched alkanes of at least 4 members (excludes halogenated alkanes) is 2. The van der Waals surface area contributed by atoms with Gasteiger partial charge in [0.25, 0.3) is 10.0 Å². The first-order valence-corrected chi connectivity index (χ1v) is 13.8. The summed E-state index contributed by atoms with van der Waals surface area (Å²) >= 11 is 0. The lowest BCUT2D eigenvalue weighted by atomic mass is 10.3. The van der Waals surface area contributed by atoms with Crippen molar-refractivity contribution in [3.05, 3.63) is 30.3 Å². The van der Waals surface area contributed by atoms with Crippen LogP contribution in [0.25, 0.3) is 0 Å². The van der Waals surface area contributed by atoms with E-state index in [4.69, 9.17) is 8.23 Å². The zero-order valence-corrected chi connectivity index (χ0v) is 16.4. The van der Waals surface area contributed by atoms with Gasteiger partial charge in [0, 0.05) is 0 Å². The van der Waals surface area contributed by atoms with E-state index in [1.807, 2.05) is 0 Å². The van der Waals surface area contributed by atoms with E-state index in [0.29, 0.717) is 0 Å². The van der Waals surface area contributed by atoms with E-state index in [9.17, 15) is 0 Å². The first kappa shape index (κ1) is 16.8. The molecule has 0 aliphatic heterocycles. The number of benzene rings is 1. The topological polar surface area (TPSA) is 18.5 Å². The maximum atomic E-state index is 6.24. The lowest BCUT2D eigenvalue weighted by Crippen LogP contribution is -2.38. The monoisotopic (exact) mass is 312 g/mol. The highest BCUT2D eigenvalue weighted by Crippen LogP contribution is 2.07. The highest BCUT2D eigenvalue weighted by atomic mass is 28.4. The van der Waals surface area contributed by atoms with Crippen LogP contribution in [0.4, 0.5) is 0 Å². The molecule has 0 N–H and O–H groups in total. The summed E-state index contributed by atoms with van der Waals surface area (Å²) in [6.07, 6.45) is 3.89. The summed E-state index contributed by atoms with van der Waals surface area (Å²) in [5.74, 6) is 0. The van der Waals surface area contributed by atoms with E-state index in [1.165, 1.54) is 30.5 Å². The quantitative estimate of drug-likeness (QED) is 0.515. The summed E-state index contributed by atoms with van der Waals surface area (Å²) in [4.78, 5) is 0. The van der Waals surface area contributed by atoms with Crippen molar-refractivity contribution in [2.45, 2.75) is 51.9 Å². The first-order valence-electron chi connectivity index (χ1n) is 7.33. The molecule has 1 aromatic rings. The standard InChI is InChI=1S/C14H28O2Si3/c1-5-6-10-13-18(14-11-8-7-9-12-14)15-17-16-19(2,3)4/h7-9,11-12,18H,5-6,10,13,17H2,1-4H3. The van der Waals surface area contributed by atoms with Crippen LogP contribution in [-0.4, -0.2) is 27.4 Å². The molecule has 0 heterocycles. The molecule has 1 rings (SSSR count). The van der Waals surface area contributed by atoms with E-state index >= 15 is 0 Å². The van der Waals surface area contributed by atoms with Gasteiger partial charge in [0.1, 0.15) is 0 Å². The molecule has 0 aliphatic carbocycles. The van der Waals surface area contributed by atoms with Gasteiger partial charge in [0.2, 0.25) is 0 Å². The summed E-state index contributed by atoms with van der Waals surface area (Å²) in [6.45, 7) is 8.96. The average Bonchev–Trinajstić information content (AvgIpc) is 2.37. The summed E-state index contributed by atoms with van der Waals surface area (Å²) in [5, 5.41) is 1.44. The van der Waals surface area contributed by atoms with Gasteiger partial charge < -0.3 is 8.23 Å². The Labute approximate surface area is 123 Å². The summed E-state index contributed by atoms with van der Waals surface area (Å²) < 4.78 is 12.2. The average molecular weight is 313 g/mol. The van der Waals surface area contributed by atoms with Crippen LogP contribution in [-0.2, 0) is 8.23 Å². The summed E-state index contributed by atoms with van der Waals surface area (Å²) in [6, 6.07) is 12.0. The van der Waals surface area contributed by atoms with Gasteiger partial charge in [-0.2, -0.15) is 0 Å². The molecule has 19 heavy (non-hydrogen) atoms. The second-order valence-corrected chi connectivity index (χ2v) is 15.1. The summed E-state index contributed by atoms with van der Waals surface area (Å²) in [5.41, 5.74) is 0. The Morgan fingerprint density at radius 2 is 1.79 bits per heavy atom. The van der Waals surface area contributed by atoms with Crippen molar-refractivity contribution in [1.29, 1.82) is 0 Å². The molecule has 0 saturated heterocycles. The molecule has 2 nitrogen and oxygen atoms in total. The van der Waals surface area contributed by atoms with Crippen molar-refractivity contribution < 1.29 is 8.23 Å². The Morgan fingerprint density at radius 1 is 1.11 bits per heavy atom. The highest BCUT2D eigenvalue weighted by Gasteiger charge is 2.18. The Hall–Kier alpha value is -0.209. The molecule has 5 heteroatoms. The summed E-state index contributed by atoms with van der Waals surface area (Å²) in [7, 11) is -3.45. The Morgan fingerprint density at radius 3 is 2.37 bits per heavy atom. The fourth-order valence-corrected chi connectivity index (χ4v) is 7.92. The van der Waals surface area contributed by atoms with Crippen molar-refractivity contribution in [2.75, 3.05) is 0 Å². The van der Waals surface area contributed by atoms with Crippen molar-refractivity contribution in [3.8, 4) is 0 Å². The van der Waals surface area contributed by atoms with Crippen LogP contribution < -0.4 is 5.19 Å². The third kappa shape index (κ3) is 7.84. The van der Waals surface area contributed by atoms with Gasteiger partial charge >= 0.3 is 0 Å². The normalized spacial score (nSPS) is 14.1. The minimum Gasteiger partial charge on any atom is -0.441 e. The Kier molecular flexibility index (Phi) is 7.86. The lowest BCUT2D eigenvalue weighted by molar-refractivity contribution is 0.465. The van der Waals surface area contributed by atoms with Crippen LogP contribution in [0.5, 0.6) is 0 Å². The second kappa shape index (κ2) is 8.86. The molecule has 0 radical (unpaired) electrons. The van der Waals surface area contributed by atoms with Crippen molar-refractivity contribution >= 4 is 32.6 Å².